The maximum absolute atomic E-state index is 14.0. The van der Waals surface area contributed by atoms with E-state index in [1.165, 1.54) is 0 Å². The van der Waals surface area contributed by atoms with Crippen molar-refractivity contribution in [3.8, 4) is 5.75 Å². The molecule has 3 heterocycles. The first-order chi connectivity index (χ1) is 18.4. The quantitative estimate of drug-likeness (QED) is 0.494. The largest absolute Gasteiger partial charge is 0.496 e. The molecule has 1 aromatic heterocycles. The number of ether oxygens (including phenoxy) is 1. The van der Waals surface area contributed by atoms with Crippen LogP contribution in [-0.2, 0) is 14.4 Å². The molecular formula is C29H36N4O5. The second-order valence-corrected chi connectivity index (χ2v) is 11.5. The molecule has 2 saturated heterocycles. The lowest BCUT2D eigenvalue weighted by Gasteiger charge is -2.31. The first-order valence-corrected chi connectivity index (χ1v) is 14.0. The molecule has 1 aromatic carbocycles. The molecule has 2 aliphatic heterocycles. The summed E-state index contributed by atoms with van der Waals surface area (Å²) in [5.41, 5.74) is 1.23. The van der Waals surface area contributed by atoms with E-state index in [2.05, 4.69) is 15.6 Å². The van der Waals surface area contributed by atoms with Crippen molar-refractivity contribution in [2.24, 2.45) is 29.6 Å². The smallest absolute Gasteiger partial charge is 0.271 e. The molecule has 6 rings (SSSR count). The molecule has 2 saturated carbocycles. The number of methoxy groups -OCH3 is 1. The highest BCUT2D eigenvalue weighted by atomic mass is 16.5. The Balaban J connectivity index is 1.29. The molecule has 0 spiro atoms. The molecule has 4 aliphatic rings. The molecule has 202 valence electrons. The van der Waals surface area contributed by atoms with Gasteiger partial charge in [-0.1, -0.05) is 13.0 Å². The molecule has 3 N–H and O–H groups in total. The summed E-state index contributed by atoms with van der Waals surface area (Å²) in [6, 6.07) is 6.08. The number of carbonyl (C=O) groups is 4. The summed E-state index contributed by atoms with van der Waals surface area (Å²) in [6.07, 6.45) is 4.59. The Bertz CT molecular complexity index is 1290. The van der Waals surface area contributed by atoms with Crippen LogP contribution in [0.3, 0.4) is 0 Å². The van der Waals surface area contributed by atoms with Crippen LogP contribution in [0.15, 0.2) is 24.3 Å². The molecule has 2 aliphatic carbocycles. The molecule has 9 nitrogen and oxygen atoms in total. The molecule has 2 bridgehead atoms. The normalized spacial score (nSPS) is 30.4. The molecule has 0 radical (unpaired) electrons. The predicted octanol–water partition coefficient (Wildman–Crippen LogP) is 2.65. The van der Waals surface area contributed by atoms with Gasteiger partial charge < -0.3 is 25.3 Å². The highest BCUT2D eigenvalue weighted by Crippen LogP contribution is 2.57. The number of aromatic amines is 1. The minimum absolute atomic E-state index is 0.0618. The van der Waals surface area contributed by atoms with E-state index in [1.54, 1.807) is 25.0 Å². The van der Waals surface area contributed by atoms with Crippen LogP contribution in [0.5, 0.6) is 5.75 Å². The fraction of sp³-hybridized carbons (Fsp3) is 0.586. The second kappa shape index (κ2) is 9.75. The Morgan fingerprint density at radius 2 is 2.00 bits per heavy atom. The molecule has 7 atom stereocenters. The van der Waals surface area contributed by atoms with E-state index in [0.717, 1.165) is 30.2 Å². The van der Waals surface area contributed by atoms with E-state index in [9.17, 15) is 19.2 Å². The van der Waals surface area contributed by atoms with Gasteiger partial charge in [-0.2, -0.15) is 0 Å². The summed E-state index contributed by atoms with van der Waals surface area (Å²) in [7, 11) is 1.60. The Morgan fingerprint density at radius 3 is 2.74 bits per heavy atom. The average Bonchev–Trinajstić information content (AvgIpc) is 3.74. The lowest BCUT2D eigenvalue weighted by atomic mass is 9.78. The minimum Gasteiger partial charge on any atom is -0.496 e. The van der Waals surface area contributed by atoms with E-state index in [0.29, 0.717) is 55.1 Å². The first kappa shape index (κ1) is 24.9. The van der Waals surface area contributed by atoms with Crippen molar-refractivity contribution in [2.45, 2.75) is 57.5 Å². The van der Waals surface area contributed by atoms with Gasteiger partial charge in [0.1, 0.15) is 17.5 Å². The van der Waals surface area contributed by atoms with Gasteiger partial charge in [-0.05, 0) is 74.0 Å². The number of benzene rings is 1. The van der Waals surface area contributed by atoms with Crippen molar-refractivity contribution in [2.75, 3.05) is 20.2 Å². The SMILES string of the molecule is CCC(=O)[C@H](C[C@@H]1CCNC1=O)NC(=O)[C@@H]1[C@H]2[C@H]3CC[C@H](C3)[C@H]2CN1C(=O)c1cc2c(OC)cccc2[nH]1. The van der Waals surface area contributed by atoms with Crippen LogP contribution in [0.25, 0.3) is 10.9 Å². The summed E-state index contributed by atoms with van der Waals surface area (Å²) >= 11 is 0. The molecular weight excluding hydrogens is 484 g/mol. The molecule has 38 heavy (non-hydrogen) atoms. The number of carbonyl (C=O) groups excluding carboxylic acids is 4. The zero-order valence-electron chi connectivity index (χ0n) is 22.0. The number of aromatic nitrogens is 1. The second-order valence-electron chi connectivity index (χ2n) is 11.5. The third kappa shape index (κ3) is 4.07. The predicted molar refractivity (Wildman–Crippen MR) is 140 cm³/mol. The third-order valence-corrected chi connectivity index (χ3v) is 9.61. The molecule has 0 unspecified atom stereocenters. The number of likely N-dealkylation sites (tertiary alicyclic amines) is 1. The molecule has 9 heteroatoms. The maximum Gasteiger partial charge on any atom is 0.271 e. The maximum atomic E-state index is 14.0. The first-order valence-electron chi connectivity index (χ1n) is 14.0. The number of fused-ring (bicyclic) bond motifs is 6. The van der Waals surface area contributed by atoms with Crippen molar-refractivity contribution < 1.29 is 23.9 Å². The van der Waals surface area contributed by atoms with Crippen molar-refractivity contribution in [3.63, 3.8) is 0 Å². The monoisotopic (exact) mass is 520 g/mol. The van der Waals surface area contributed by atoms with Gasteiger partial charge in [0, 0.05) is 36.3 Å². The van der Waals surface area contributed by atoms with E-state index in [-0.39, 0.29) is 41.8 Å². The minimum atomic E-state index is -0.728. The lowest BCUT2D eigenvalue weighted by molar-refractivity contribution is -0.132. The van der Waals surface area contributed by atoms with E-state index in [4.69, 9.17) is 4.74 Å². The van der Waals surface area contributed by atoms with Gasteiger partial charge in [0.15, 0.2) is 5.78 Å². The van der Waals surface area contributed by atoms with Crippen LogP contribution in [0.1, 0.15) is 55.9 Å². The van der Waals surface area contributed by atoms with Crippen molar-refractivity contribution >= 4 is 34.4 Å². The van der Waals surface area contributed by atoms with Gasteiger partial charge >= 0.3 is 0 Å². The van der Waals surface area contributed by atoms with Gasteiger partial charge in [-0.15, -0.1) is 0 Å². The highest BCUT2D eigenvalue weighted by molar-refractivity contribution is 6.02. The summed E-state index contributed by atoms with van der Waals surface area (Å²) < 4.78 is 5.47. The Kier molecular flexibility index (Phi) is 6.40. The van der Waals surface area contributed by atoms with Crippen LogP contribution in [0.4, 0.5) is 0 Å². The number of nitrogens with one attached hydrogen (secondary N) is 3. The van der Waals surface area contributed by atoms with Crippen molar-refractivity contribution in [1.82, 2.24) is 20.5 Å². The summed E-state index contributed by atoms with van der Waals surface area (Å²) in [6.45, 7) is 2.92. The number of hydrogen-bond donors (Lipinski definition) is 3. The van der Waals surface area contributed by atoms with Crippen molar-refractivity contribution in [1.29, 1.82) is 0 Å². The van der Waals surface area contributed by atoms with Gasteiger partial charge in [0.25, 0.3) is 5.91 Å². The van der Waals surface area contributed by atoms with Gasteiger partial charge in [0.05, 0.1) is 13.2 Å². The average molecular weight is 521 g/mol. The lowest BCUT2D eigenvalue weighted by Crippen LogP contribution is -2.54. The van der Waals surface area contributed by atoms with Gasteiger partial charge in [-0.3, -0.25) is 19.2 Å². The highest BCUT2D eigenvalue weighted by Gasteiger charge is 2.59. The third-order valence-electron chi connectivity index (χ3n) is 9.61. The fourth-order valence-corrected chi connectivity index (χ4v) is 7.80. The van der Waals surface area contributed by atoms with Gasteiger partial charge in [-0.25, -0.2) is 0 Å². The fourth-order valence-electron chi connectivity index (χ4n) is 7.80. The standard InChI is InChI=1S/C29H36N4O5/c1-3-23(34)21(12-17-9-10-30-27(17)35)32-28(36)26-25-16-8-7-15(11-16)19(25)14-33(26)29(37)22-13-18-20(31-22)5-4-6-24(18)38-2/h4-6,13,15-17,19,21,25-26,31H,3,7-12,14H2,1-2H3,(H,30,35)(H,32,36)/t15-,16+,17+,19-,21+,25+,26+/m1/s1. The summed E-state index contributed by atoms with van der Waals surface area (Å²) in [4.78, 5) is 58.0. The van der Waals surface area contributed by atoms with Crippen LogP contribution < -0.4 is 15.4 Å². The zero-order valence-corrected chi connectivity index (χ0v) is 22.0. The summed E-state index contributed by atoms with van der Waals surface area (Å²) in [5, 5.41) is 6.66. The van der Waals surface area contributed by atoms with E-state index < -0.39 is 12.1 Å². The Labute approximate surface area is 222 Å². The number of ketones is 1. The summed E-state index contributed by atoms with van der Waals surface area (Å²) in [5.74, 6) is 1.14. The Hall–Kier alpha value is -3.36. The molecule has 4 fully saturated rings. The number of nitrogens with zero attached hydrogens (tertiary/aromatic N) is 1. The number of Topliss-reactive ketones (excluding diaryl/α,β-unsaturated/α-hetero) is 1. The topological polar surface area (TPSA) is 121 Å². The van der Waals surface area contributed by atoms with Gasteiger partial charge in [0.2, 0.25) is 11.8 Å². The van der Waals surface area contributed by atoms with Crippen molar-refractivity contribution in [3.05, 3.63) is 30.0 Å². The number of hydrogen-bond acceptors (Lipinski definition) is 5. The van der Waals surface area contributed by atoms with Crippen LogP contribution in [0.2, 0.25) is 0 Å². The van der Waals surface area contributed by atoms with Crippen LogP contribution in [0, 0.1) is 29.6 Å². The van der Waals surface area contributed by atoms with E-state index in [1.807, 2.05) is 18.2 Å². The zero-order chi connectivity index (χ0) is 26.6. The molecule has 3 amide bonds. The molecule has 2 aromatic rings. The Morgan fingerprint density at radius 1 is 1.18 bits per heavy atom. The van der Waals surface area contributed by atoms with Crippen LogP contribution >= 0.6 is 0 Å². The van der Waals surface area contributed by atoms with Crippen LogP contribution in [-0.4, -0.2) is 65.7 Å². The van der Waals surface area contributed by atoms with E-state index >= 15 is 0 Å². The number of rotatable bonds is 8. The number of amides is 3. The number of H-pyrrole nitrogens is 1.